The molecular weight excluding hydrogens is 320 g/mol. The molecule has 24 heavy (non-hydrogen) atoms. The lowest BCUT2D eigenvalue weighted by Gasteiger charge is -2.22. The van der Waals surface area contributed by atoms with E-state index in [1.54, 1.807) is 21.1 Å². The summed E-state index contributed by atoms with van der Waals surface area (Å²) in [6.45, 7) is 5.13. The molecule has 126 valence electrons. The van der Waals surface area contributed by atoms with Crippen molar-refractivity contribution in [3.63, 3.8) is 0 Å². The van der Waals surface area contributed by atoms with Crippen LogP contribution in [0.4, 0.5) is 5.69 Å². The molecule has 0 radical (unpaired) electrons. The lowest BCUT2D eigenvalue weighted by atomic mass is 10.1. The zero-order valence-corrected chi connectivity index (χ0v) is 15.1. The van der Waals surface area contributed by atoms with Crippen molar-refractivity contribution in [1.29, 1.82) is 0 Å². The molecule has 0 bridgehead atoms. The zero-order chi connectivity index (χ0) is 17.3. The van der Waals surface area contributed by atoms with Gasteiger partial charge in [-0.25, -0.2) is 0 Å². The third-order valence-electron chi connectivity index (χ3n) is 4.69. The fourth-order valence-electron chi connectivity index (χ4n) is 3.16. The normalized spacial score (nSPS) is 17.4. The standard InChI is InChI=1S/C19H22N2O2S/c1-13-6-4-8-17(14(13)2)21-11-15(10-18(21)22)19(23)20(3)12-16-7-5-9-24-16/h4-9,15H,10-12H2,1-3H3. The van der Waals surface area contributed by atoms with Gasteiger partial charge in [0.05, 0.1) is 12.5 Å². The second-order valence-corrected chi connectivity index (χ2v) is 7.43. The summed E-state index contributed by atoms with van der Waals surface area (Å²) in [6, 6.07) is 9.97. The SMILES string of the molecule is Cc1cccc(N2CC(C(=O)N(C)Cc3cccs3)CC2=O)c1C. The predicted molar refractivity (Wildman–Crippen MR) is 97.2 cm³/mol. The van der Waals surface area contributed by atoms with Gasteiger partial charge < -0.3 is 9.80 Å². The number of thiophene rings is 1. The number of hydrogen-bond donors (Lipinski definition) is 0. The maximum absolute atomic E-state index is 12.7. The first-order valence-electron chi connectivity index (χ1n) is 8.11. The van der Waals surface area contributed by atoms with Gasteiger partial charge in [-0.2, -0.15) is 0 Å². The van der Waals surface area contributed by atoms with Gasteiger partial charge in [0.1, 0.15) is 0 Å². The van der Waals surface area contributed by atoms with E-state index in [2.05, 4.69) is 0 Å². The van der Waals surface area contributed by atoms with E-state index in [0.717, 1.165) is 21.7 Å². The van der Waals surface area contributed by atoms with E-state index in [0.29, 0.717) is 19.5 Å². The van der Waals surface area contributed by atoms with Crippen LogP contribution >= 0.6 is 11.3 Å². The van der Waals surface area contributed by atoms with E-state index in [1.165, 1.54) is 0 Å². The second-order valence-electron chi connectivity index (χ2n) is 6.40. The van der Waals surface area contributed by atoms with Crippen LogP contribution in [0.2, 0.25) is 0 Å². The minimum absolute atomic E-state index is 0.0339. The Morgan fingerprint density at radius 2 is 2.08 bits per heavy atom. The monoisotopic (exact) mass is 342 g/mol. The van der Waals surface area contributed by atoms with Crippen LogP contribution in [-0.4, -0.2) is 30.3 Å². The fraction of sp³-hybridized carbons (Fsp3) is 0.368. The molecule has 1 saturated heterocycles. The summed E-state index contributed by atoms with van der Waals surface area (Å²) in [7, 11) is 1.81. The molecule has 0 aliphatic carbocycles. The molecule has 1 aromatic carbocycles. The van der Waals surface area contributed by atoms with Crippen molar-refractivity contribution in [3.8, 4) is 0 Å². The van der Waals surface area contributed by atoms with Gasteiger partial charge in [-0.15, -0.1) is 11.3 Å². The number of aryl methyl sites for hydroxylation is 1. The molecule has 0 N–H and O–H groups in total. The van der Waals surface area contributed by atoms with Gasteiger partial charge in [0.25, 0.3) is 0 Å². The van der Waals surface area contributed by atoms with Crippen LogP contribution in [0.1, 0.15) is 22.4 Å². The first-order valence-corrected chi connectivity index (χ1v) is 8.99. The number of hydrogen-bond acceptors (Lipinski definition) is 3. The number of nitrogens with zero attached hydrogens (tertiary/aromatic N) is 2. The number of carbonyl (C=O) groups excluding carboxylic acids is 2. The average Bonchev–Trinajstić information content (AvgIpc) is 3.19. The van der Waals surface area contributed by atoms with Gasteiger partial charge in [-0.05, 0) is 42.5 Å². The first-order chi connectivity index (χ1) is 11.5. The highest BCUT2D eigenvalue weighted by atomic mass is 32.1. The van der Waals surface area contributed by atoms with Crippen molar-refractivity contribution >= 4 is 28.8 Å². The highest BCUT2D eigenvalue weighted by Gasteiger charge is 2.37. The van der Waals surface area contributed by atoms with E-state index in [-0.39, 0.29) is 17.7 Å². The predicted octanol–water partition coefficient (Wildman–Crippen LogP) is 3.38. The molecule has 3 rings (SSSR count). The van der Waals surface area contributed by atoms with Crippen LogP contribution in [0.25, 0.3) is 0 Å². The number of rotatable bonds is 4. The Morgan fingerprint density at radius 3 is 2.79 bits per heavy atom. The Kier molecular flexibility index (Phi) is 4.71. The lowest BCUT2D eigenvalue weighted by molar-refractivity contribution is -0.135. The minimum atomic E-state index is -0.262. The molecule has 0 spiro atoms. The number of carbonyl (C=O) groups is 2. The molecule has 1 aliphatic heterocycles. The van der Waals surface area contributed by atoms with Crippen molar-refractivity contribution in [2.45, 2.75) is 26.8 Å². The van der Waals surface area contributed by atoms with Gasteiger partial charge in [0, 0.05) is 30.6 Å². The molecular formula is C19H22N2O2S. The molecule has 1 aromatic heterocycles. The maximum atomic E-state index is 12.7. The van der Waals surface area contributed by atoms with Crippen LogP contribution in [0.5, 0.6) is 0 Å². The largest absolute Gasteiger partial charge is 0.340 e. The molecule has 5 heteroatoms. The number of amides is 2. The van der Waals surface area contributed by atoms with E-state index in [9.17, 15) is 9.59 Å². The Bertz CT molecular complexity index is 755. The Labute approximate surface area is 146 Å². The highest BCUT2D eigenvalue weighted by Crippen LogP contribution is 2.30. The summed E-state index contributed by atoms with van der Waals surface area (Å²) in [4.78, 5) is 29.8. The van der Waals surface area contributed by atoms with Crippen molar-refractivity contribution in [1.82, 2.24) is 4.90 Å². The molecule has 2 aromatic rings. The van der Waals surface area contributed by atoms with Gasteiger partial charge in [-0.1, -0.05) is 18.2 Å². The molecule has 1 aliphatic rings. The minimum Gasteiger partial charge on any atom is -0.340 e. The Hall–Kier alpha value is -2.14. The molecule has 1 atom stereocenters. The van der Waals surface area contributed by atoms with Gasteiger partial charge in [-0.3, -0.25) is 9.59 Å². The summed E-state index contributed by atoms with van der Waals surface area (Å²) in [5.41, 5.74) is 3.19. The van der Waals surface area contributed by atoms with Crippen molar-refractivity contribution in [2.24, 2.45) is 5.92 Å². The topological polar surface area (TPSA) is 40.6 Å². The fourth-order valence-corrected chi connectivity index (χ4v) is 3.92. The molecule has 1 fully saturated rings. The average molecular weight is 342 g/mol. The van der Waals surface area contributed by atoms with E-state index in [4.69, 9.17) is 0 Å². The van der Waals surface area contributed by atoms with Gasteiger partial charge in [0.15, 0.2) is 0 Å². The third kappa shape index (κ3) is 3.22. The molecule has 2 heterocycles. The van der Waals surface area contributed by atoms with Gasteiger partial charge in [0.2, 0.25) is 11.8 Å². The number of anilines is 1. The lowest BCUT2D eigenvalue weighted by Crippen LogP contribution is -2.34. The molecule has 2 amide bonds. The Morgan fingerprint density at radius 1 is 1.29 bits per heavy atom. The summed E-state index contributed by atoms with van der Waals surface area (Å²) in [6.07, 6.45) is 0.293. The summed E-state index contributed by atoms with van der Waals surface area (Å²) in [5.74, 6) is -0.182. The molecule has 0 saturated carbocycles. The van der Waals surface area contributed by atoms with Crippen molar-refractivity contribution in [3.05, 3.63) is 51.7 Å². The van der Waals surface area contributed by atoms with Crippen molar-refractivity contribution < 1.29 is 9.59 Å². The second kappa shape index (κ2) is 6.77. The zero-order valence-electron chi connectivity index (χ0n) is 14.3. The van der Waals surface area contributed by atoms with Crippen LogP contribution < -0.4 is 4.90 Å². The summed E-state index contributed by atoms with van der Waals surface area (Å²) in [5, 5.41) is 2.01. The van der Waals surface area contributed by atoms with E-state index in [1.807, 2.05) is 56.6 Å². The third-order valence-corrected chi connectivity index (χ3v) is 5.55. The highest BCUT2D eigenvalue weighted by molar-refractivity contribution is 7.09. The number of benzene rings is 1. The van der Waals surface area contributed by atoms with Gasteiger partial charge >= 0.3 is 0 Å². The first kappa shape index (κ1) is 16.7. The van der Waals surface area contributed by atoms with Crippen molar-refractivity contribution in [2.75, 3.05) is 18.5 Å². The summed E-state index contributed by atoms with van der Waals surface area (Å²) >= 11 is 1.64. The summed E-state index contributed by atoms with van der Waals surface area (Å²) < 4.78 is 0. The quantitative estimate of drug-likeness (QED) is 0.855. The molecule has 4 nitrogen and oxygen atoms in total. The maximum Gasteiger partial charge on any atom is 0.228 e. The smallest absolute Gasteiger partial charge is 0.228 e. The van der Waals surface area contributed by atoms with Crippen LogP contribution in [-0.2, 0) is 16.1 Å². The van der Waals surface area contributed by atoms with E-state index >= 15 is 0 Å². The Balaban J connectivity index is 1.72. The van der Waals surface area contributed by atoms with E-state index < -0.39 is 0 Å². The van der Waals surface area contributed by atoms with Crippen LogP contribution in [0, 0.1) is 19.8 Å². The van der Waals surface area contributed by atoms with Crippen LogP contribution in [0.15, 0.2) is 35.7 Å². The van der Waals surface area contributed by atoms with Crippen LogP contribution in [0.3, 0.4) is 0 Å². The molecule has 1 unspecified atom stereocenters.